The highest BCUT2D eigenvalue weighted by Crippen LogP contribution is 2.38. The predicted molar refractivity (Wildman–Crippen MR) is 96.0 cm³/mol. The lowest BCUT2D eigenvalue weighted by atomic mass is 9.79. The Bertz CT molecular complexity index is 991. The van der Waals surface area contributed by atoms with E-state index in [0.717, 1.165) is 22.3 Å². The maximum absolute atomic E-state index is 9.09. The van der Waals surface area contributed by atoms with Crippen molar-refractivity contribution in [3.05, 3.63) is 31.0 Å². The molecule has 0 spiro atoms. The van der Waals surface area contributed by atoms with Crippen LogP contribution in [-0.2, 0) is 4.57 Å². The summed E-state index contributed by atoms with van der Waals surface area (Å²) in [6, 6.07) is 4.45. The molecule has 0 radical (unpaired) electrons. The molecule has 1 fully saturated rings. The summed E-state index contributed by atoms with van der Waals surface area (Å²) in [7, 11) is -4.64. The molecule has 0 bridgehead atoms. The summed E-state index contributed by atoms with van der Waals surface area (Å²) in [5.74, 6) is 0.574. The Morgan fingerprint density at radius 2 is 2.11 bits per heavy atom. The third-order valence-electron chi connectivity index (χ3n) is 4.56. The number of nitrogens with zero attached hydrogens (tertiary/aromatic N) is 5. The van der Waals surface area contributed by atoms with Gasteiger partial charge in [-0.05, 0) is 24.8 Å². The van der Waals surface area contributed by atoms with Crippen molar-refractivity contribution in [1.29, 1.82) is 5.26 Å². The maximum Gasteiger partial charge on any atom is 0.466 e. The molecule has 0 aliphatic heterocycles. The van der Waals surface area contributed by atoms with Crippen molar-refractivity contribution in [3.8, 4) is 17.3 Å². The minimum absolute atomic E-state index is 0.177. The van der Waals surface area contributed by atoms with E-state index in [0.29, 0.717) is 12.3 Å². The number of hydrogen-bond acceptors (Lipinski definition) is 5. The fourth-order valence-electron chi connectivity index (χ4n) is 3.14. The number of rotatable bonds is 4. The number of phosphoric acid groups is 1. The summed E-state index contributed by atoms with van der Waals surface area (Å²) in [5.41, 5.74) is 2.67. The van der Waals surface area contributed by atoms with Crippen LogP contribution in [-0.4, -0.2) is 39.4 Å². The van der Waals surface area contributed by atoms with Gasteiger partial charge in [-0.25, -0.2) is 14.5 Å². The van der Waals surface area contributed by atoms with Crippen molar-refractivity contribution < 1.29 is 19.2 Å². The van der Waals surface area contributed by atoms with Crippen LogP contribution in [0.1, 0.15) is 31.7 Å². The van der Waals surface area contributed by atoms with Crippen molar-refractivity contribution in [2.24, 2.45) is 5.92 Å². The van der Waals surface area contributed by atoms with Crippen LogP contribution in [0, 0.1) is 17.2 Å². The molecule has 1 unspecified atom stereocenters. The number of hydrogen-bond donors (Lipinski definition) is 4. The van der Waals surface area contributed by atoms with Crippen LogP contribution in [0.25, 0.3) is 22.3 Å². The van der Waals surface area contributed by atoms with Crippen molar-refractivity contribution in [3.63, 3.8) is 0 Å². The second-order valence-electron chi connectivity index (χ2n) is 6.31. The van der Waals surface area contributed by atoms with Gasteiger partial charge in [0.15, 0.2) is 0 Å². The monoisotopic (exact) mass is 390 g/mol. The van der Waals surface area contributed by atoms with Gasteiger partial charge < -0.3 is 19.7 Å². The van der Waals surface area contributed by atoms with E-state index in [1.165, 1.54) is 19.3 Å². The Morgan fingerprint density at radius 3 is 2.74 bits per heavy atom. The van der Waals surface area contributed by atoms with Gasteiger partial charge in [0.05, 0.1) is 30.4 Å². The van der Waals surface area contributed by atoms with Crippen molar-refractivity contribution >= 4 is 18.9 Å². The highest BCUT2D eigenvalue weighted by Gasteiger charge is 2.29. The highest BCUT2D eigenvalue weighted by atomic mass is 31.2. The molecule has 3 heterocycles. The van der Waals surface area contributed by atoms with Crippen LogP contribution in [0.2, 0.25) is 0 Å². The smallest absolute Gasteiger partial charge is 0.346 e. The summed E-state index contributed by atoms with van der Waals surface area (Å²) >= 11 is 0. The molecule has 1 saturated carbocycles. The molecule has 4 rings (SSSR count). The largest absolute Gasteiger partial charge is 0.466 e. The standard InChI is InChI=1S/C16H16N6.H3O4P/c17-6-4-14(11-2-1-3-11)22-9-12(8-21-22)15-13-5-7-18-16(13)20-10-19-15;1-5(2,3)4/h5,7-11,14H,1-4H2,(H,18,19,20);(H3,1,2,3,4). The van der Waals surface area contributed by atoms with Gasteiger partial charge in [0.2, 0.25) is 0 Å². The summed E-state index contributed by atoms with van der Waals surface area (Å²) in [4.78, 5) is 33.3. The molecule has 3 aromatic heterocycles. The molecule has 0 aromatic carbocycles. The quantitative estimate of drug-likeness (QED) is 0.493. The first kappa shape index (κ1) is 19.2. The van der Waals surface area contributed by atoms with E-state index in [1.54, 1.807) is 6.33 Å². The number of fused-ring (bicyclic) bond motifs is 1. The van der Waals surface area contributed by atoms with Crippen molar-refractivity contribution in [1.82, 2.24) is 24.7 Å². The topological polar surface area (TPSA) is 161 Å². The van der Waals surface area contributed by atoms with Crippen LogP contribution >= 0.6 is 7.82 Å². The fraction of sp³-hybridized carbons (Fsp3) is 0.375. The van der Waals surface area contributed by atoms with E-state index < -0.39 is 7.82 Å². The zero-order chi connectivity index (χ0) is 19.4. The molecule has 3 aromatic rings. The number of aromatic amines is 1. The predicted octanol–water partition coefficient (Wildman–Crippen LogP) is 2.15. The van der Waals surface area contributed by atoms with Crippen molar-refractivity contribution in [2.45, 2.75) is 31.7 Å². The Hall–Kier alpha value is -2.57. The van der Waals surface area contributed by atoms with Crippen LogP contribution in [0.15, 0.2) is 31.0 Å². The molecule has 0 saturated heterocycles. The van der Waals surface area contributed by atoms with E-state index in [9.17, 15) is 0 Å². The molecule has 142 valence electrons. The molecule has 0 amide bonds. The Kier molecular flexibility index (Phi) is 5.68. The number of H-pyrrole nitrogens is 1. The Labute approximate surface area is 154 Å². The minimum atomic E-state index is -4.64. The molecule has 11 heteroatoms. The fourth-order valence-corrected chi connectivity index (χ4v) is 3.14. The molecule has 10 nitrogen and oxygen atoms in total. The zero-order valence-corrected chi connectivity index (χ0v) is 15.2. The van der Waals surface area contributed by atoms with Crippen molar-refractivity contribution in [2.75, 3.05) is 0 Å². The molecule has 27 heavy (non-hydrogen) atoms. The molecule has 1 atom stereocenters. The zero-order valence-electron chi connectivity index (χ0n) is 14.3. The van der Waals surface area contributed by atoms with E-state index in [-0.39, 0.29) is 6.04 Å². The normalized spacial score (nSPS) is 15.5. The molecule has 4 N–H and O–H groups in total. The van der Waals surface area contributed by atoms with Gasteiger partial charge in [-0.15, -0.1) is 0 Å². The van der Waals surface area contributed by atoms with Crippen LogP contribution in [0.4, 0.5) is 0 Å². The van der Waals surface area contributed by atoms with Crippen LogP contribution < -0.4 is 0 Å². The van der Waals surface area contributed by atoms with Gasteiger partial charge in [-0.3, -0.25) is 4.68 Å². The molecular weight excluding hydrogens is 371 g/mol. The minimum Gasteiger partial charge on any atom is -0.346 e. The van der Waals surface area contributed by atoms with E-state index in [4.69, 9.17) is 24.5 Å². The SMILES string of the molecule is N#CCC(C1CCC1)n1cc(-c2ncnc3[nH]ccc23)cn1.O=P(O)(O)O. The average Bonchev–Trinajstić information content (AvgIpc) is 3.20. The summed E-state index contributed by atoms with van der Waals surface area (Å²) in [6.45, 7) is 0. The van der Waals surface area contributed by atoms with Gasteiger partial charge in [-0.1, -0.05) is 6.42 Å². The van der Waals surface area contributed by atoms with Gasteiger partial charge >= 0.3 is 7.82 Å². The Morgan fingerprint density at radius 1 is 1.37 bits per heavy atom. The second-order valence-corrected chi connectivity index (χ2v) is 7.33. The summed E-state index contributed by atoms with van der Waals surface area (Å²) < 4.78 is 10.8. The lowest BCUT2D eigenvalue weighted by molar-refractivity contribution is 0.199. The average molecular weight is 390 g/mol. The van der Waals surface area contributed by atoms with Crippen LogP contribution in [0.3, 0.4) is 0 Å². The first-order valence-electron chi connectivity index (χ1n) is 8.34. The Balaban J connectivity index is 0.000000376. The highest BCUT2D eigenvalue weighted by molar-refractivity contribution is 7.45. The molecule has 1 aliphatic carbocycles. The third-order valence-corrected chi connectivity index (χ3v) is 4.56. The van der Waals surface area contributed by atoms with E-state index >= 15 is 0 Å². The van der Waals surface area contributed by atoms with Gasteiger partial charge in [0, 0.05) is 23.3 Å². The third kappa shape index (κ3) is 4.78. The number of nitriles is 1. The second kappa shape index (κ2) is 7.98. The van der Waals surface area contributed by atoms with Crippen LogP contribution in [0.5, 0.6) is 0 Å². The summed E-state index contributed by atoms with van der Waals surface area (Å²) in [5, 5.41) is 14.6. The maximum atomic E-state index is 9.09. The number of nitrogens with one attached hydrogen (secondary N) is 1. The molecular formula is C16H19N6O4P. The van der Waals surface area contributed by atoms with Gasteiger partial charge in [0.25, 0.3) is 0 Å². The first-order chi connectivity index (χ1) is 12.9. The molecule has 1 aliphatic rings. The first-order valence-corrected chi connectivity index (χ1v) is 9.91. The number of aromatic nitrogens is 5. The lowest BCUT2D eigenvalue weighted by Crippen LogP contribution is -2.25. The van der Waals surface area contributed by atoms with Gasteiger partial charge in [-0.2, -0.15) is 10.4 Å². The lowest BCUT2D eigenvalue weighted by Gasteiger charge is -2.32. The van der Waals surface area contributed by atoms with E-state index in [2.05, 4.69) is 26.1 Å². The van der Waals surface area contributed by atoms with Gasteiger partial charge in [0.1, 0.15) is 12.0 Å². The van der Waals surface area contributed by atoms with E-state index in [1.807, 2.05) is 29.3 Å². The summed E-state index contributed by atoms with van der Waals surface area (Å²) in [6.07, 6.45) is 11.4.